The van der Waals surface area contributed by atoms with Crippen molar-refractivity contribution in [2.24, 2.45) is 0 Å². The fourth-order valence-electron chi connectivity index (χ4n) is 7.82. The van der Waals surface area contributed by atoms with Crippen LogP contribution >= 0.6 is 0 Å². The summed E-state index contributed by atoms with van der Waals surface area (Å²) in [5, 5.41) is 11.8. The molecule has 0 N–H and O–H groups in total. The van der Waals surface area contributed by atoms with Gasteiger partial charge in [0.1, 0.15) is 13.2 Å². The molecule has 0 bridgehead atoms. The summed E-state index contributed by atoms with van der Waals surface area (Å²) >= 11 is 0. The van der Waals surface area contributed by atoms with Gasteiger partial charge >= 0.3 is 11.9 Å². The number of unbranched alkanes of at least 4 members (excludes halogenated alkanes) is 28. The fourth-order valence-corrected chi connectivity index (χ4v) is 7.82. The minimum Gasteiger partial charge on any atom is -0.545 e. The van der Waals surface area contributed by atoms with Crippen molar-refractivity contribution in [1.29, 1.82) is 0 Å². The van der Waals surface area contributed by atoms with E-state index in [9.17, 15) is 19.5 Å². The molecular formula is C58H105NO8. The number of carboxylic acids is 1. The predicted molar refractivity (Wildman–Crippen MR) is 279 cm³/mol. The summed E-state index contributed by atoms with van der Waals surface area (Å²) in [6.07, 6.45) is 57.2. The van der Waals surface area contributed by atoms with Crippen molar-refractivity contribution in [2.75, 3.05) is 47.5 Å². The summed E-state index contributed by atoms with van der Waals surface area (Å²) in [7, 11) is 5.92. The number of carbonyl (C=O) groups is 3. The average Bonchev–Trinajstić information content (AvgIpc) is 3.29. The summed E-state index contributed by atoms with van der Waals surface area (Å²) < 4.78 is 22.7. The van der Waals surface area contributed by atoms with E-state index in [0.717, 1.165) is 70.6 Å². The smallest absolute Gasteiger partial charge is 0.306 e. The van der Waals surface area contributed by atoms with Crippen LogP contribution in [0.4, 0.5) is 0 Å². The Hall–Kier alpha value is -2.75. The molecule has 2 unspecified atom stereocenters. The van der Waals surface area contributed by atoms with Crippen LogP contribution in [0.2, 0.25) is 0 Å². The molecule has 0 aromatic carbocycles. The molecular weight excluding hydrogens is 839 g/mol. The Morgan fingerprint density at radius 1 is 0.463 bits per heavy atom. The van der Waals surface area contributed by atoms with Gasteiger partial charge in [-0.15, -0.1) is 0 Å². The molecule has 0 radical (unpaired) electrons. The lowest BCUT2D eigenvalue weighted by Crippen LogP contribution is -2.44. The molecule has 390 valence electrons. The number of hydrogen-bond donors (Lipinski definition) is 0. The van der Waals surface area contributed by atoms with Crippen molar-refractivity contribution in [2.45, 2.75) is 257 Å². The lowest BCUT2D eigenvalue weighted by molar-refractivity contribution is -0.870. The van der Waals surface area contributed by atoms with E-state index in [2.05, 4.69) is 62.5 Å². The second-order valence-electron chi connectivity index (χ2n) is 19.9. The van der Waals surface area contributed by atoms with Crippen molar-refractivity contribution < 1.29 is 42.9 Å². The van der Waals surface area contributed by atoms with Crippen molar-refractivity contribution in [3.8, 4) is 0 Å². The summed E-state index contributed by atoms with van der Waals surface area (Å²) in [6.45, 7) is 4.66. The van der Waals surface area contributed by atoms with E-state index in [1.54, 1.807) is 0 Å². The molecule has 0 saturated heterocycles. The number of esters is 2. The molecule has 67 heavy (non-hydrogen) atoms. The summed E-state index contributed by atoms with van der Waals surface area (Å²) in [5.41, 5.74) is 0. The van der Waals surface area contributed by atoms with E-state index in [1.807, 2.05) is 21.1 Å². The van der Waals surface area contributed by atoms with Gasteiger partial charge in [-0.3, -0.25) is 9.59 Å². The molecule has 0 rings (SSSR count). The number of nitrogens with zero attached hydrogens (tertiary/aromatic N) is 1. The van der Waals surface area contributed by atoms with Crippen LogP contribution in [0.25, 0.3) is 0 Å². The number of rotatable bonds is 51. The first-order chi connectivity index (χ1) is 32.6. The molecule has 0 spiro atoms. The molecule has 0 heterocycles. The van der Waals surface area contributed by atoms with Crippen molar-refractivity contribution in [3.05, 3.63) is 48.6 Å². The first-order valence-corrected chi connectivity index (χ1v) is 27.8. The lowest BCUT2D eigenvalue weighted by Gasteiger charge is -2.26. The molecule has 2 atom stereocenters. The molecule has 9 heteroatoms. The number of quaternary nitrogens is 1. The van der Waals surface area contributed by atoms with E-state index in [0.29, 0.717) is 23.9 Å². The number of likely N-dealkylation sites (N-methyl/N-ethyl adjacent to an activating group) is 1. The Kier molecular flexibility index (Phi) is 47.6. The molecule has 0 aliphatic rings. The second kappa shape index (κ2) is 49.7. The maximum atomic E-state index is 12.8. The number of carbonyl (C=O) groups excluding carboxylic acids is 3. The molecule has 0 aliphatic heterocycles. The number of hydrogen-bond acceptors (Lipinski definition) is 8. The second-order valence-corrected chi connectivity index (χ2v) is 19.9. The number of carboxylic acid groups (broad SMARTS) is 1. The molecule has 0 aromatic heterocycles. The molecule has 0 fully saturated rings. The normalized spacial score (nSPS) is 13.1. The maximum absolute atomic E-state index is 12.8. The monoisotopic (exact) mass is 944 g/mol. The fraction of sp³-hybridized carbons (Fsp3) is 0.810. The molecule has 0 aliphatic carbocycles. The van der Waals surface area contributed by atoms with Crippen LogP contribution in [-0.2, 0) is 33.3 Å². The average molecular weight is 944 g/mol. The SMILES string of the molecule is CC/C=C\C/C=C\C/C=C\C/C=C\CCCCCCCCCCCCC(=O)OC(COC(=O)CCCCCCCCCCCCCCCCCCCCC)COC(OCC[N+](C)(C)C)C(=O)[O-]. The Bertz CT molecular complexity index is 1240. The zero-order valence-corrected chi connectivity index (χ0v) is 44.3. The van der Waals surface area contributed by atoms with Gasteiger partial charge in [0.2, 0.25) is 0 Å². The van der Waals surface area contributed by atoms with E-state index in [4.69, 9.17) is 18.9 Å². The minimum atomic E-state index is -1.62. The first kappa shape index (κ1) is 64.2. The third-order valence-electron chi connectivity index (χ3n) is 12.1. The number of ether oxygens (including phenoxy) is 4. The Labute approximate surface area is 412 Å². The quantitative estimate of drug-likeness (QED) is 0.0195. The highest BCUT2D eigenvalue weighted by Crippen LogP contribution is 2.16. The van der Waals surface area contributed by atoms with Crippen molar-refractivity contribution in [1.82, 2.24) is 0 Å². The van der Waals surface area contributed by atoms with E-state index >= 15 is 0 Å². The van der Waals surface area contributed by atoms with Gasteiger partial charge in [0.25, 0.3) is 0 Å². The summed E-state index contributed by atoms with van der Waals surface area (Å²) in [6, 6.07) is 0. The van der Waals surface area contributed by atoms with Crippen LogP contribution in [-0.4, -0.2) is 82.3 Å². The van der Waals surface area contributed by atoms with Gasteiger partial charge in [0, 0.05) is 12.8 Å². The third kappa shape index (κ3) is 50.9. The van der Waals surface area contributed by atoms with Crippen LogP contribution in [0.5, 0.6) is 0 Å². The Morgan fingerprint density at radius 3 is 1.27 bits per heavy atom. The van der Waals surface area contributed by atoms with Crippen LogP contribution in [0.15, 0.2) is 48.6 Å². The molecule has 0 saturated carbocycles. The topological polar surface area (TPSA) is 111 Å². The highest BCUT2D eigenvalue weighted by Gasteiger charge is 2.22. The van der Waals surface area contributed by atoms with Crippen LogP contribution < -0.4 is 5.11 Å². The van der Waals surface area contributed by atoms with Gasteiger partial charge in [-0.1, -0.05) is 229 Å². The maximum Gasteiger partial charge on any atom is 0.306 e. The van der Waals surface area contributed by atoms with Crippen molar-refractivity contribution >= 4 is 17.9 Å². The van der Waals surface area contributed by atoms with Gasteiger partial charge in [-0.25, -0.2) is 0 Å². The Balaban J connectivity index is 4.27. The van der Waals surface area contributed by atoms with Gasteiger partial charge in [0.05, 0.1) is 40.3 Å². The van der Waals surface area contributed by atoms with Crippen LogP contribution in [0.1, 0.15) is 245 Å². The summed E-state index contributed by atoms with van der Waals surface area (Å²) in [5.74, 6) is -2.28. The zero-order valence-electron chi connectivity index (χ0n) is 44.3. The highest BCUT2D eigenvalue weighted by molar-refractivity contribution is 5.70. The van der Waals surface area contributed by atoms with Gasteiger partial charge < -0.3 is 33.3 Å². The first-order valence-electron chi connectivity index (χ1n) is 27.8. The minimum absolute atomic E-state index is 0.147. The predicted octanol–water partition coefficient (Wildman–Crippen LogP) is 14.6. The largest absolute Gasteiger partial charge is 0.545 e. The van der Waals surface area contributed by atoms with E-state index < -0.39 is 24.3 Å². The van der Waals surface area contributed by atoms with Crippen LogP contribution in [0, 0.1) is 0 Å². The number of allylic oxidation sites excluding steroid dienone is 8. The van der Waals surface area contributed by atoms with E-state index in [-0.39, 0.29) is 32.2 Å². The highest BCUT2D eigenvalue weighted by atomic mass is 16.7. The molecule has 9 nitrogen and oxygen atoms in total. The van der Waals surface area contributed by atoms with Gasteiger partial charge in [-0.2, -0.15) is 0 Å². The zero-order chi connectivity index (χ0) is 49.2. The van der Waals surface area contributed by atoms with E-state index in [1.165, 1.54) is 141 Å². The number of aliphatic carboxylic acids is 1. The van der Waals surface area contributed by atoms with Crippen LogP contribution in [0.3, 0.4) is 0 Å². The van der Waals surface area contributed by atoms with Crippen molar-refractivity contribution in [3.63, 3.8) is 0 Å². The lowest BCUT2D eigenvalue weighted by atomic mass is 10.0. The third-order valence-corrected chi connectivity index (χ3v) is 12.1. The van der Waals surface area contributed by atoms with Gasteiger partial charge in [0.15, 0.2) is 12.4 Å². The molecule has 0 aromatic rings. The standard InChI is InChI=1S/C58H105NO8/c1-6-8-10-12-14-16-18-20-22-24-26-27-28-29-31-33-35-37-39-41-43-45-47-49-56(61)67-54(53-66-58(57(62)63)64-51-50-59(3,4)5)52-65-55(60)48-46-44-42-40-38-36-34-32-30-25-23-21-19-17-15-13-11-9-7-2/h8,10,14,16,20,22,26-27,54,58H,6-7,9,11-13,15,17-19,21,23-25,28-53H2,1-5H3/b10-8-,16-14-,22-20-,27-26-. The van der Waals surface area contributed by atoms with Gasteiger partial charge in [-0.05, 0) is 51.4 Å². The molecule has 0 amide bonds. The Morgan fingerprint density at radius 2 is 0.851 bits per heavy atom. The summed E-state index contributed by atoms with van der Waals surface area (Å²) in [4.78, 5) is 37.2.